The first-order valence-electron chi connectivity index (χ1n) is 5.77. The summed E-state index contributed by atoms with van der Waals surface area (Å²) in [5.74, 6) is -0.731. The number of non-ortho nitro benzene ring substituents is 1. The summed E-state index contributed by atoms with van der Waals surface area (Å²) in [4.78, 5) is 32.8. The Kier molecular flexibility index (Phi) is 5.46. The lowest BCUT2D eigenvalue weighted by Crippen LogP contribution is -2.31. The van der Waals surface area contributed by atoms with Crippen molar-refractivity contribution in [1.82, 2.24) is 5.32 Å². The van der Waals surface area contributed by atoms with Crippen molar-refractivity contribution in [1.29, 1.82) is 0 Å². The van der Waals surface area contributed by atoms with Crippen LogP contribution in [0.4, 0.5) is 10.5 Å². The molecule has 0 saturated heterocycles. The molecule has 2 amide bonds. The Morgan fingerprint density at radius 2 is 2.16 bits per heavy atom. The minimum absolute atomic E-state index is 0.0293. The molecule has 0 aliphatic carbocycles. The van der Waals surface area contributed by atoms with Gasteiger partial charge in [-0.15, -0.1) is 0 Å². The van der Waals surface area contributed by atoms with E-state index in [9.17, 15) is 19.7 Å². The van der Waals surface area contributed by atoms with Crippen molar-refractivity contribution in [2.75, 3.05) is 6.61 Å². The molecule has 7 heteroatoms. The van der Waals surface area contributed by atoms with Gasteiger partial charge in [0, 0.05) is 17.7 Å². The molecule has 0 aliphatic rings. The summed E-state index contributed by atoms with van der Waals surface area (Å²) in [6.45, 7) is 2.17. The van der Waals surface area contributed by atoms with E-state index in [1.807, 2.05) is 12.2 Å². The number of unbranched alkanes of at least 4 members (excludes halogenated alkanes) is 1. The highest BCUT2D eigenvalue weighted by Gasteiger charge is 2.14. The van der Waals surface area contributed by atoms with Crippen molar-refractivity contribution in [2.45, 2.75) is 19.8 Å². The molecule has 0 radical (unpaired) electrons. The first kappa shape index (κ1) is 14.6. The number of amides is 2. The van der Waals surface area contributed by atoms with E-state index in [-0.39, 0.29) is 17.9 Å². The number of rotatable bonds is 5. The summed E-state index contributed by atoms with van der Waals surface area (Å²) in [6, 6.07) is 5.10. The Bertz CT molecular complexity index is 487. The average molecular weight is 266 g/mol. The van der Waals surface area contributed by atoms with Crippen LogP contribution in [0.25, 0.3) is 0 Å². The first-order valence-corrected chi connectivity index (χ1v) is 5.77. The van der Waals surface area contributed by atoms with Gasteiger partial charge >= 0.3 is 6.09 Å². The Labute approximate surface area is 109 Å². The Morgan fingerprint density at radius 1 is 1.42 bits per heavy atom. The molecule has 0 heterocycles. The number of nitrogens with zero attached hydrogens (tertiary/aromatic N) is 1. The quantitative estimate of drug-likeness (QED) is 0.500. The number of carbonyl (C=O) groups excluding carboxylic acids is 2. The number of ether oxygens (including phenoxy) is 1. The number of hydrogen-bond donors (Lipinski definition) is 1. The summed E-state index contributed by atoms with van der Waals surface area (Å²) < 4.78 is 4.75. The summed E-state index contributed by atoms with van der Waals surface area (Å²) in [6.07, 6.45) is 0.717. The molecule has 1 N–H and O–H groups in total. The number of alkyl carbamates (subject to hydrolysis) is 1. The highest BCUT2D eigenvalue weighted by atomic mass is 16.6. The fourth-order valence-electron chi connectivity index (χ4n) is 1.27. The molecule has 0 fully saturated rings. The third-order valence-electron chi connectivity index (χ3n) is 2.27. The Morgan fingerprint density at radius 3 is 2.79 bits per heavy atom. The van der Waals surface area contributed by atoms with E-state index in [0.29, 0.717) is 6.42 Å². The largest absolute Gasteiger partial charge is 0.449 e. The highest BCUT2D eigenvalue weighted by molar-refractivity contribution is 6.03. The smallest absolute Gasteiger partial charge is 0.414 e. The summed E-state index contributed by atoms with van der Waals surface area (Å²) >= 11 is 0. The molecule has 1 aromatic rings. The monoisotopic (exact) mass is 266 g/mol. The van der Waals surface area contributed by atoms with Gasteiger partial charge in [-0.2, -0.15) is 0 Å². The molecule has 0 bridgehead atoms. The molecule has 0 aromatic heterocycles. The summed E-state index contributed by atoms with van der Waals surface area (Å²) in [5.41, 5.74) is -0.186. The van der Waals surface area contributed by atoms with E-state index in [1.54, 1.807) is 0 Å². The van der Waals surface area contributed by atoms with E-state index >= 15 is 0 Å². The van der Waals surface area contributed by atoms with Crippen LogP contribution < -0.4 is 5.32 Å². The van der Waals surface area contributed by atoms with Gasteiger partial charge in [-0.25, -0.2) is 4.79 Å². The maximum absolute atomic E-state index is 11.6. The predicted octanol–water partition coefficient (Wildman–Crippen LogP) is 2.26. The van der Waals surface area contributed by atoms with Crippen LogP contribution in [0, 0.1) is 10.1 Å². The zero-order valence-electron chi connectivity index (χ0n) is 10.4. The van der Waals surface area contributed by atoms with Gasteiger partial charge < -0.3 is 4.74 Å². The molecule has 0 atom stereocenters. The minimum atomic E-state index is -0.857. The Hall–Kier alpha value is -2.44. The van der Waals surface area contributed by atoms with E-state index < -0.39 is 16.9 Å². The third kappa shape index (κ3) is 4.74. The van der Waals surface area contributed by atoms with E-state index in [1.165, 1.54) is 18.2 Å². The number of nitro benzene ring substituents is 1. The standard InChI is InChI=1S/C12H14N2O5/c1-2-3-7-19-12(16)13-11(15)9-5-4-6-10(8-9)14(17)18/h4-6,8H,2-3,7H2,1H3,(H,13,15,16). The van der Waals surface area contributed by atoms with E-state index in [2.05, 4.69) is 0 Å². The van der Waals surface area contributed by atoms with Crippen molar-refractivity contribution in [3.8, 4) is 0 Å². The zero-order chi connectivity index (χ0) is 14.3. The molecule has 1 aromatic carbocycles. The third-order valence-corrected chi connectivity index (χ3v) is 2.27. The highest BCUT2D eigenvalue weighted by Crippen LogP contribution is 2.12. The van der Waals surface area contributed by atoms with Crippen LogP contribution in [0.2, 0.25) is 0 Å². The lowest BCUT2D eigenvalue weighted by molar-refractivity contribution is -0.384. The second kappa shape index (κ2) is 7.10. The van der Waals surface area contributed by atoms with E-state index in [4.69, 9.17) is 4.74 Å². The number of carbonyl (C=O) groups is 2. The lowest BCUT2D eigenvalue weighted by atomic mass is 10.2. The topological polar surface area (TPSA) is 98.5 Å². The number of nitro groups is 1. The predicted molar refractivity (Wildman–Crippen MR) is 66.8 cm³/mol. The molecule has 7 nitrogen and oxygen atoms in total. The normalized spacial score (nSPS) is 9.74. The summed E-state index contributed by atoms with van der Waals surface area (Å²) in [5, 5.41) is 12.6. The fourth-order valence-corrected chi connectivity index (χ4v) is 1.27. The molecular formula is C12H14N2O5. The van der Waals surface area contributed by atoms with Crippen LogP contribution in [0.15, 0.2) is 24.3 Å². The molecule has 19 heavy (non-hydrogen) atoms. The van der Waals surface area contributed by atoms with Crippen LogP contribution in [0.3, 0.4) is 0 Å². The van der Waals surface area contributed by atoms with Gasteiger partial charge in [-0.05, 0) is 12.5 Å². The van der Waals surface area contributed by atoms with Crippen molar-refractivity contribution >= 4 is 17.7 Å². The molecule has 0 saturated carbocycles. The van der Waals surface area contributed by atoms with Gasteiger partial charge in [-0.1, -0.05) is 19.4 Å². The number of benzene rings is 1. The number of nitrogens with one attached hydrogen (secondary N) is 1. The average Bonchev–Trinajstić information content (AvgIpc) is 2.39. The van der Waals surface area contributed by atoms with Gasteiger partial charge in [0.1, 0.15) is 0 Å². The van der Waals surface area contributed by atoms with Crippen molar-refractivity contribution < 1.29 is 19.2 Å². The first-order chi connectivity index (χ1) is 9.04. The SMILES string of the molecule is CCCCOC(=O)NC(=O)c1cccc([N+](=O)[O-])c1. The van der Waals surface area contributed by atoms with Crippen LogP contribution in [0.1, 0.15) is 30.1 Å². The fraction of sp³-hybridized carbons (Fsp3) is 0.333. The maximum atomic E-state index is 11.6. The van der Waals surface area contributed by atoms with Crippen LogP contribution in [-0.2, 0) is 4.74 Å². The molecule has 0 unspecified atom stereocenters. The van der Waals surface area contributed by atoms with Gasteiger partial charge in [0.25, 0.3) is 11.6 Å². The van der Waals surface area contributed by atoms with E-state index in [0.717, 1.165) is 12.5 Å². The second-order valence-electron chi connectivity index (χ2n) is 3.75. The van der Waals surface area contributed by atoms with Gasteiger partial charge in [0.15, 0.2) is 0 Å². The maximum Gasteiger partial charge on any atom is 0.414 e. The molecule has 0 aliphatic heterocycles. The molecule has 1 rings (SSSR count). The minimum Gasteiger partial charge on any atom is -0.449 e. The van der Waals surface area contributed by atoms with Crippen molar-refractivity contribution in [3.05, 3.63) is 39.9 Å². The van der Waals surface area contributed by atoms with Crippen LogP contribution in [-0.4, -0.2) is 23.5 Å². The van der Waals surface area contributed by atoms with Crippen LogP contribution in [0.5, 0.6) is 0 Å². The van der Waals surface area contributed by atoms with Gasteiger partial charge in [0.2, 0.25) is 0 Å². The Balaban J connectivity index is 2.60. The van der Waals surface area contributed by atoms with Gasteiger partial charge in [0.05, 0.1) is 11.5 Å². The van der Waals surface area contributed by atoms with Gasteiger partial charge in [-0.3, -0.25) is 20.2 Å². The second-order valence-corrected chi connectivity index (χ2v) is 3.75. The summed E-state index contributed by atoms with van der Waals surface area (Å²) in [7, 11) is 0. The number of imide groups is 1. The lowest BCUT2D eigenvalue weighted by Gasteiger charge is -2.05. The number of hydrogen-bond acceptors (Lipinski definition) is 5. The molecular weight excluding hydrogens is 252 g/mol. The zero-order valence-corrected chi connectivity index (χ0v) is 10.4. The van der Waals surface area contributed by atoms with Crippen LogP contribution >= 0.6 is 0 Å². The van der Waals surface area contributed by atoms with Crippen molar-refractivity contribution in [3.63, 3.8) is 0 Å². The molecule has 102 valence electrons. The van der Waals surface area contributed by atoms with Crippen molar-refractivity contribution in [2.24, 2.45) is 0 Å². The molecule has 0 spiro atoms.